The van der Waals surface area contributed by atoms with Gasteiger partial charge in [-0.25, -0.2) is 4.39 Å². The monoisotopic (exact) mass is 248 g/mol. The third-order valence-electron chi connectivity index (χ3n) is 2.43. The van der Waals surface area contributed by atoms with Gasteiger partial charge in [-0.15, -0.1) is 0 Å². The van der Waals surface area contributed by atoms with Gasteiger partial charge in [-0.2, -0.15) is 0 Å². The minimum atomic E-state index is -0.392. The molecule has 1 aromatic heterocycles. The zero-order valence-electron chi connectivity index (χ0n) is 9.64. The number of benzene rings is 1. The largest absolute Gasteiger partial charge is 0.392 e. The molecule has 0 aliphatic rings. The van der Waals surface area contributed by atoms with Gasteiger partial charge in [-0.3, -0.25) is 4.79 Å². The molecule has 1 aromatic carbocycles. The summed E-state index contributed by atoms with van der Waals surface area (Å²) < 4.78 is 14.6. The van der Waals surface area contributed by atoms with Crippen molar-refractivity contribution in [2.75, 3.05) is 5.32 Å². The van der Waals surface area contributed by atoms with E-state index in [1.54, 1.807) is 29.1 Å². The van der Waals surface area contributed by atoms with Crippen LogP contribution >= 0.6 is 0 Å². The molecule has 1 heterocycles. The molecule has 0 unspecified atom stereocenters. The molecule has 94 valence electrons. The highest BCUT2D eigenvalue weighted by molar-refractivity contribution is 5.90. The summed E-state index contributed by atoms with van der Waals surface area (Å²) in [6, 6.07) is 7.46. The molecule has 0 aliphatic carbocycles. The molecule has 0 fully saturated rings. The van der Waals surface area contributed by atoms with Crippen LogP contribution in [0.25, 0.3) is 0 Å². The Morgan fingerprint density at radius 1 is 1.39 bits per heavy atom. The van der Waals surface area contributed by atoms with E-state index in [1.807, 2.05) is 0 Å². The molecule has 2 aromatic rings. The van der Waals surface area contributed by atoms with E-state index in [4.69, 9.17) is 5.11 Å². The Balaban J connectivity index is 1.96. The molecule has 2 N–H and O–H groups in total. The molecule has 0 saturated carbocycles. The highest BCUT2D eigenvalue weighted by atomic mass is 19.1. The van der Waals surface area contributed by atoms with Crippen LogP contribution in [-0.2, 0) is 17.9 Å². The maximum Gasteiger partial charge on any atom is 0.244 e. The number of amides is 1. The van der Waals surface area contributed by atoms with Gasteiger partial charge < -0.3 is 15.0 Å². The standard InChI is InChI=1S/C13H13FN2O2/c14-11-2-1-3-12(6-11)15-13(18)8-16-5-4-10(7-16)9-17/h1-7,17H,8-9H2,(H,15,18). The topological polar surface area (TPSA) is 54.3 Å². The lowest BCUT2D eigenvalue weighted by molar-refractivity contribution is -0.116. The quantitative estimate of drug-likeness (QED) is 0.866. The number of carbonyl (C=O) groups is 1. The summed E-state index contributed by atoms with van der Waals surface area (Å²) in [5.41, 5.74) is 1.17. The fourth-order valence-corrected chi connectivity index (χ4v) is 1.61. The number of aromatic nitrogens is 1. The SMILES string of the molecule is O=C(Cn1ccc(CO)c1)Nc1cccc(F)c1. The second-order valence-electron chi connectivity index (χ2n) is 3.91. The minimum absolute atomic E-state index is 0.0570. The number of nitrogens with one attached hydrogen (secondary N) is 1. The molecule has 5 heteroatoms. The summed E-state index contributed by atoms with van der Waals surface area (Å²) >= 11 is 0. The summed E-state index contributed by atoms with van der Waals surface area (Å²) in [5.74, 6) is -0.642. The van der Waals surface area contributed by atoms with Crippen molar-refractivity contribution < 1.29 is 14.3 Å². The normalized spacial score (nSPS) is 10.3. The van der Waals surface area contributed by atoms with Crippen molar-refractivity contribution in [2.24, 2.45) is 0 Å². The van der Waals surface area contributed by atoms with E-state index in [9.17, 15) is 9.18 Å². The van der Waals surface area contributed by atoms with E-state index in [-0.39, 0.29) is 19.1 Å². The van der Waals surface area contributed by atoms with Gasteiger partial charge in [0.2, 0.25) is 5.91 Å². The van der Waals surface area contributed by atoms with E-state index in [2.05, 4.69) is 5.32 Å². The van der Waals surface area contributed by atoms with Gasteiger partial charge in [-0.1, -0.05) is 6.07 Å². The average Bonchev–Trinajstić information content (AvgIpc) is 2.76. The number of hydrogen-bond donors (Lipinski definition) is 2. The number of carbonyl (C=O) groups excluding carboxylic acids is 1. The Morgan fingerprint density at radius 2 is 2.22 bits per heavy atom. The molecular weight excluding hydrogens is 235 g/mol. The Kier molecular flexibility index (Phi) is 3.74. The van der Waals surface area contributed by atoms with Crippen LogP contribution in [0.5, 0.6) is 0 Å². The van der Waals surface area contributed by atoms with Gasteiger partial charge >= 0.3 is 0 Å². The highest BCUT2D eigenvalue weighted by Gasteiger charge is 2.04. The fraction of sp³-hybridized carbons (Fsp3) is 0.154. The minimum Gasteiger partial charge on any atom is -0.392 e. The van der Waals surface area contributed by atoms with E-state index in [1.165, 1.54) is 18.2 Å². The smallest absolute Gasteiger partial charge is 0.244 e. The van der Waals surface area contributed by atoms with Crippen molar-refractivity contribution >= 4 is 11.6 Å². The zero-order chi connectivity index (χ0) is 13.0. The Labute approximate surface area is 104 Å². The van der Waals surface area contributed by atoms with Crippen molar-refractivity contribution in [1.29, 1.82) is 0 Å². The molecule has 0 radical (unpaired) electrons. The van der Waals surface area contributed by atoms with E-state index in [0.29, 0.717) is 5.69 Å². The van der Waals surface area contributed by atoms with Crippen molar-refractivity contribution in [2.45, 2.75) is 13.2 Å². The summed E-state index contributed by atoms with van der Waals surface area (Å²) in [7, 11) is 0. The van der Waals surface area contributed by atoms with Crippen LogP contribution < -0.4 is 5.32 Å². The first kappa shape index (κ1) is 12.3. The number of nitrogens with zero attached hydrogens (tertiary/aromatic N) is 1. The first-order chi connectivity index (χ1) is 8.67. The van der Waals surface area contributed by atoms with Gasteiger partial charge in [0.25, 0.3) is 0 Å². The van der Waals surface area contributed by atoms with Gasteiger partial charge in [0.15, 0.2) is 0 Å². The van der Waals surface area contributed by atoms with Gasteiger partial charge in [-0.05, 0) is 29.8 Å². The lowest BCUT2D eigenvalue weighted by Crippen LogP contribution is -2.17. The van der Waals surface area contributed by atoms with Crippen LogP contribution in [0, 0.1) is 5.82 Å². The highest BCUT2D eigenvalue weighted by Crippen LogP contribution is 2.09. The number of rotatable bonds is 4. The first-order valence-electron chi connectivity index (χ1n) is 5.48. The van der Waals surface area contributed by atoms with Gasteiger partial charge in [0.1, 0.15) is 12.4 Å². The van der Waals surface area contributed by atoms with Crippen LogP contribution in [0.3, 0.4) is 0 Å². The number of hydrogen-bond acceptors (Lipinski definition) is 2. The maximum atomic E-state index is 12.9. The Morgan fingerprint density at radius 3 is 2.89 bits per heavy atom. The molecular formula is C13H13FN2O2. The van der Waals surface area contributed by atoms with Crippen LogP contribution in [0.4, 0.5) is 10.1 Å². The molecule has 0 bridgehead atoms. The molecule has 0 spiro atoms. The third-order valence-corrected chi connectivity index (χ3v) is 2.43. The Hall–Kier alpha value is -2.14. The fourth-order valence-electron chi connectivity index (χ4n) is 1.61. The van der Waals surface area contributed by atoms with E-state index < -0.39 is 5.82 Å². The summed E-state index contributed by atoms with van der Waals surface area (Å²) in [6.07, 6.45) is 3.39. The maximum absolute atomic E-state index is 12.9. The predicted octanol–water partition coefficient (Wildman–Crippen LogP) is 1.76. The van der Waals surface area contributed by atoms with Crippen molar-refractivity contribution in [3.05, 3.63) is 54.1 Å². The number of anilines is 1. The van der Waals surface area contributed by atoms with E-state index >= 15 is 0 Å². The number of aliphatic hydroxyl groups is 1. The van der Waals surface area contributed by atoms with Gasteiger partial charge in [0.05, 0.1) is 6.61 Å². The van der Waals surface area contributed by atoms with Gasteiger partial charge in [0, 0.05) is 18.1 Å². The van der Waals surface area contributed by atoms with Crippen molar-refractivity contribution in [3.63, 3.8) is 0 Å². The molecule has 1 amide bonds. The molecule has 18 heavy (non-hydrogen) atoms. The van der Waals surface area contributed by atoms with Crippen LogP contribution in [-0.4, -0.2) is 15.6 Å². The van der Waals surface area contributed by atoms with Crippen LogP contribution in [0.2, 0.25) is 0 Å². The number of aliphatic hydroxyl groups excluding tert-OH is 1. The molecule has 0 aliphatic heterocycles. The summed E-state index contributed by atoms with van der Waals surface area (Å²) in [5, 5.41) is 11.5. The molecule has 2 rings (SSSR count). The second kappa shape index (κ2) is 5.46. The first-order valence-corrected chi connectivity index (χ1v) is 5.48. The lowest BCUT2D eigenvalue weighted by atomic mass is 10.3. The average molecular weight is 248 g/mol. The summed E-state index contributed by atoms with van der Waals surface area (Å²) in [4.78, 5) is 11.7. The predicted molar refractivity (Wildman–Crippen MR) is 65.4 cm³/mol. The van der Waals surface area contributed by atoms with Crippen molar-refractivity contribution in [1.82, 2.24) is 4.57 Å². The lowest BCUT2D eigenvalue weighted by Gasteiger charge is -2.06. The van der Waals surface area contributed by atoms with Crippen LogP contribution in [0.1, 0.15) is 5.56 Å². The van der Waals surface area contributed by atoms with Crippen LogP contribution in [0.15, 0.2) is 42.7 Å². The molecule has 4 nitrogen and oxygen atoms in total. The van der Waals surface area contributed by atoms with Crippen molar-refractivity contribution in [3.8, 4) is 0 Å². The molecule has 0 atom stereocenters. The molecule has 0 saturated heterocycles. The zero-order valence-corrected chi connectivity index (χ0v) is 9.64. The summed E-state index contributed by atoms with van der Waals surface area (Å²) in [6.45, 7) is 0.0645. The third kappa shape index (κ3) is 3.18. The Bertz CT molecular complexity index is 551. The van der Waals surface area contributed by atoms with E-state index in [0.717, 1.165) is 5.56 Å². The second-order valence-corrected chi connectivity index (χ2v) is 3.91. The number of halogens is 1.